The van der Waals surface area contributed by atoms with Crippen LogP contribution in [0.5, 0.6) is 0 Å². The van der Waals surface area contributed by atoms with Gasteiger partial charge in [0, 0.05) is 48.1 Å². The Morgan fingerprint density at radius 3 is 2.73 bits per heavy atom. The van der Waals surface area contributed by atoms with E-state index in [1.165, 1.54) is 16.4 Å². The van der Waals surface area contributed by atoms with Crippen LogP contribution in [0.1, 0.15) is 18.7 Å². The molecule has 1 atom stereocenters. The van der Waals surface area contributed by atoms with Crippen molar-refractivity contribution in [3.8, 4) is 11.1 Å². The molecule has 0 saturated carbocycles. The van der Waals surface area contributed by atoms with Crippen molar-refractivity contribution in [3.05, 3.63) is 72.7 Å². The number of β-amino-alcohol motifs (C(OH)–C–C–N with tert-alkyl or cyclic N) is 1. The van der Waals surface area contributed by atoms with E-state index in [1.54, 1.807) is 48.9 Å². The molecular formula is C24H25FN4O3S. The summed E-state index contributed by atoms with van der Waals surface area (Å²) >= 11 is 0. The number of imidazole rings is 1. The Balaban J connectivity index is 1.38. The van der Waals surface area contributed by atoms with Crippen LogP contribution in [0.15, 0.2) is 66.0 Å². The summed E-state index contributed by atoms with van der Waals surface area (Å²) in [7, 11) is -3.76. The zero-order valence-corrected chi connectivity index (χ0v) is 19.0. The summed E-state index contributed by atoms with van der Waals surface area (Å²) in [6.45, 7) is 2.55. The number of aliphatic hydroxyl groups is 1. The van der Waals surface area contributed by atoms with Gasteiger partial charge in [-0.05, 0) is 55.7 Å². The van der Waals surface area contributed by atoms with E-state index in [2.05, 4.69) is 9.97 Å². The first kappa shape index (κ1) is 21.8. The van der Waals surface area contributed by atoms with E-state index in [0.29, 0.717) is 31.4 Å². The van der Waals surface area contributed by atoms with E-state index in [4.69, 9.17) is 0 Å². The number of nitrogens with zero attached hydrogens (tertiary/aromatic N) is 3. The summed E-state index contributed by atoms with van der Waals surface area (Å²) in [5.41, 5.74) is 1.23. The Bertz CT molecular complexity index is 1410. The van der Waals surface area contributed by atoms with Gasteiger partial charge >= 0.3 is 0 Å². The fraction of sp³-hybridized carbons (Fsp3) is 0.292. The standard InChI is InChI=1S/C24H25FN4O3S/c1-17-26-10-12-28(17)15-24(30)9-2-11-29(16-24)33(31,32)20-6-3-18(4-7-20)22-14-27-23-13-19(25)5-8-21(22)23/h3-8,10,12-14,27,30H,2,9,11,15-16H2,1H3. The number of hydrogen-bond acceptors (Lipinski definition) is 4. The molecule has 33 heavy (non-hydrogen) atoms. The Morgan fingerprint density at radius 1 is 1.21 bits per heavy atom. The number of aromatic nitrogens is 3. The molecular weight excluding hydrogens is 443 g/mol. The molecule has 7 nitrogen and oxygen atoms in total. The molecule has 2 aromatic carbocycles. The third kappa shape index (κ3) is 4.07. The second kappa shape index (κ2) is 8.09. The highest BCUT2D eigenvalue weighted by molar-refractivity contribution is 7.89. The largest absolute Gasteiger partial charge is 0.387 e. The predicted molar refractivity (Wildman–Crippen MR) is 124 cm³/mol. The number of aromatic amines is 1. The summed E-state index contributed by atoms with van der Waals surface area (Å²) in [5, 5.41) is 12.0. The molecule has 0 bridgehead atoms. The van der Waals surface area contributed by atoms with Crippen LogP contribution >= 0.6 is 0 Å². The lowest BCUT2D eigenvalue weighted by molar-refractivity contribution is -0.0223. The van der Waals surface area contributed by atoms with Gasteiger partial charge in [-0.2, -0.15) is 4.31 Å². The van der Waals surface area contributed by atoms with Crippen molar-refractivity contribution in [3.63, 3.8) is 0 Å². The van der Waals surface area contributed by atoms with Crippen molar-refractivity contribution < 1.29 is 17.9 Å². The molecule has 1 saturated heterocycles. The Kier molecular flexibility index (Phi) is 5.35. The highest BCUT2D eigenvalue weighted by atomic mass is 32.2. The van der Waals surface area contributed by atoms with E-state index in [-0.39, 0.29) is 17.3 Å². The summed E-state index contributed by atoms with van der Waals surface area (Å²) in [6.07, 6.45) is 6.35. The quantitative estimate of drug-likeness (QED) is 0.467. The van der Waals surface area contributed by atoms with E-state index in [1.807, 2.05) is 11.5 Å². The topological polar surface area (TPSA) is 91.2 Å². The van der Waals surface area contributed by atoms with E-state index in [0.717, 1.165) is 22.3 Å². The van der Waals surface area contributed by atoms with E-state index >= 15 is 0 Å². The minimum absolute atomic E-state index is 0.0305. The monoisotopic (exact) mass is 468 g/mol. The van der Waals surface area contributed by atoms with Crippen molar-refractivity contribution in [2.75, 3.05) is 13.1 Å². The fourth-order valence-electron chi connectivity index (χ4n) is 4.59. The molecule has 1 aliphatic rings. The van der Waals surface area contributed by atoms with Gasteiger partial charge < -0.3 is 14.7 Å². The molecule has 1 fully saturated rings. The average Bonchev–Trinajstić information content (AvgIpc) is 3.39. The smallest absolute Gasteiger partial charge is 0.243 e. The summed E-state index contributed by atoms with van der Waals surface area (Å²) < 4.78 is 43.4. The Labute approximate surface area is 191 Å². The number of halogens is 1. The number of H-pyrrole nitrogens is 1. The third-order valence-electron chi connectivity index (χ3n) is 6.36. The first-order valence-electron chi connectivity index (χ1n) is 10.8. The zero-order valence-electron chi connectivity index (χ0n) is 18.2. The lowest BCUT2D eigenvalue weighted by Gasteiger charge is -2.38. The number of rotatable bonds is 5. The second-order valence-electron chi connectivity index (χ2n) is 8.69. The molecule has 1 aliphatic heterocycles. The minimum atomic E-state index is -3.76. The van der Waals surface area contributed by atoms with Crippen LogP contribution in [-0.4, -0.2) is 51.1 Å². The molecule has 0 spiro atoms. The normalized spacial score (nSPS) is 19.8. The molecule has 0 amide bonds. The predicted octanol–water partition coefficient (Wildman–Crippen LogP) is 3.69. The number of nitrogens with one attached hydrogen (secondary N) is 1. The molecule has 4 aromatic rings. The van der Waals surface area contributed by atoms with Gasteiger partial charge in [0.2, 0.25) is 10.0 Å². The van der Waals surface area contributed by atoms with Gasteiger partial charge in [-0.15, -0.1) is 0 Å². The molecule has 5 rings (SSSR count). The van der Waals surface area contributed by atoms with Gasteiger partial charge in [-0.25, -0.2) is 17.8 Å². The molecule has 0 radical (unpaired) electrons. The SMILES string of the molecule is Cc1nccn1CC1(O)CCCN(S(=O)(=O)c2ccc(-c3c[nH]c4cc(F)ccc34)cc2)C1. The fourth-order valence-corrected chi connectivity index (χ4v) is 6.14. The van der Waals surface area contributed by atoms with E-state index < -0.39 is 15.6 Å². The summed E-state index contributed by atoms with van der Waals surface area (Å²) in [4.78, 5) is 7.42. The van der Waals surface area contributed by atoms with Crippen molar-refractivity contribution in [2.24, 2.45) is 0 Å². The number of benzene rings is 2. The van der Waals surface area contributed by atoms with Crippen molar-refractivity contribution in [1.29, 1.82) is 0 Å². The minimum Gasteiger partial charge on any atom is -0.387 e. The van der Waals surface area contributed by atoms with Gasteiger partial charge in [0.15, 0.2) is 0 Å². The lowest BCUT2D eigenvalue weighted by Crippen LogP contribution is -2.52. The van der Waals surface area contributed by atoms with Gasteiger partial charge in [0.05, 0.1) is 17.0 Å². The average molecular weight is 469 g/mol. The van der Waals surface area contributed by atoms with Crippen molar-refractivity contribution >= 4 is 20.9 Å². The molecule has 1 unspecified atom stereocenters. The zero-order chi connectivity index (χ0) is 23.2. The number of sulfonamides is 1. The van der Waals surface area contributed by atoms with Crippen LogP contribution in [0.4, 0.5) is 4.39 Å². The molecule has 2 aromatic heterocycles. The highest BCUT2D eigenvalue weighted by Crippen LogP contribution is 2.32. The summed E-state index contributed by atoms with van der Waals surface area (Å²) in [6, 6.07) is 11.2. The lowest BCUT2D eigenvalue weighted by atomic mass is 9.94. The number of hydrogen-bond donors (Lipinski definition) is 2. The Hall–Kier alpha value is -3.01. The number of fused-ring (bicyclic) bond motifs is 1. The Morgan fingerprint density at radius 2 is 2.00 bits per heavy atom. The van der Waals surface area contributed by atoms with Gasteiger partial charge in [-0.3, -0.25) is 0 Å². The molecule has 172 valence electrons. The first-order chi connectivity index (χ1) is 15.7. The van der Waals surface area contributed by atoms with E-state index in [9.17, 15) is 17.9 Å². The molecule has 9 heteroatoms. The highest BCUT2D eigenvalue weighted by Gasteiger charge is 2.39. The van der Waals surface area contributed by atoms with Crippen LogP contribution < -0.4 is 0 Å². The molecule has 2 N–H and O–H groups in total. The van der Waals surface area contributed by atoms with Crippen molar-refractivity contribution in [1.82, 2.24) is 18.8 Å². The van der Waals surface area contributed by atoms with Crippen molar-refractivity contribution in [2.45, 2.75) is 36.8 Å². The first-order valence-corrected chi connectivity index (χ1v) is 12.3. The summed E-state index contributed by atoms with van der Waals surface area (Å²) in [5.74, 6) is 0.459. The maximum absolute atomic E-state index is 13.5. The van der Waals surface area contributed by atoms with Gasteiger partial charge in [-0.1, -0.05) is 12.1 Å². The maximum atomic E-state index is 13.5. The second-order valence-corrected chi connectivity index (χ2v) is 10.6. The van der Waals surface area contributed by atoms with Crippen LogP contribution in [0.2, 0.25) is 0 Å². The van der Waals surface area contributed by atoms with Gasteiger partial charge in [0.1, 0.15) is 11.6 Å². The van der Waals surface area contributed by atoms with Crippen LogP contribution in [0, 0.1) is 12.7 Å². The maximum Gasteiger partial charge on any atom is 0.243 e. The van der Waals surface area contributed by atoms with Crippen LogP contribution in [0.3, 0.4) is 0 Å². The number of aryl methyl sites for hydroxylation is 1. The van der Waals surface area contributed by atoms with Gasteiger partial charge in [0.25, 0.3) is 0 Å². The van der Waals surface area contributed by atoms with Crippen LogP contribution in [-0.2, 0) is 16.6 Å². The molecule has 3 heterocycles. The van der Waals surface area contributed by atoms with Crippen LogP contribution in [0.25, 0.3) is 22.0 Å². The third-order valence-corrected chi connectivity index (χ3v) is 8.21. The number of piperidine rings is 1. The molecule has 0 aliphatic carbocycles.